The van der Waals surface area contributed by atoms with Gasteiger partial charge in [0.15, 0.2) is 0 Å². The van der Waals surface area contributed by atoms with Crippen molar-refractivity contribution in [3.63, 3.8) is 0 Å². The van der Waals surface area contributed by atoms with Crippen LogP contribution < -0.4 is 5.73 Å². The lowest BCUT2D eigenvalue weighted by atomic mass is 10.2. The number of benzene rings is 2. The highest BCUT2D eigenvalue weighted by atomic mass is 79.9. The molecule has 0 atom stereocenters. The fraction of sp³-hybridized carbons (Fsp3) is 0.0769. The van der Waals surface area contributed by atoms with Crippen LogP contribution in [0.1, 0.15) is 5.56 Å². The standard InChI is InChI=1S/C13H11BrN2O2S/c14-10-5-6-12(9(7-10)8-15)19-13-4-2-1-3-11(13)16(17)18/h1-7H,8,15H2. The first kappa shape index (κ1) is 14.0. The van der Waals surface area contributed by atoms with Crippen molar-refractivity contribution in [3.05, 3.63) is 62.6 Å². The largest absolute Gasteiger partial charge is 0.326 e. The van der Waals surface area contributed by atoms with E-state index < -0.39 is 0 Å². The Hall–Kier alpha value is -1.37. The Kier molecular flexibility index (Phi) is 4.57. The van der Waals surface area contributed by atoms with Crippen molar-refractivity contribution in [2.45, 2.75) is 16.3 Å². The number of para-hydroxylation sites is 1. The summed E-state index contributed by atoms with van der Waals surface area (Å²) in [5.41, 5.74) is 6.77. The van der Waals surface area contributed by atoms with Gasteiger partial charge < -0.3 is 5.73 Å². The summed E-state index contributed by atoms with van der Waals surface area (Å²) in [5.74, 6) is 0. The number of hydrogen-bond acceptors (Lipinski definition) is 4. The topological polar surface area (TPSA) is 69.2 Å². The maximum atomic E-state index is 11.0. The summed E-state index contributed by atoms with van der Waals surface area (Å²) in [6, 6.07) is 12.4. The van der Waals surface area contributed by atoms with Crippen molar-refractivity contribution < 1.29 is 4.92 Å². The number of hydrogen-bond donors (Lipinski definition) is 1. The molecule has 2 aromatic carbocycles. The normalized spacial score (nSPS) is 10.4. The number of halogens is 1. The van der Waals surface area contributed by atoms with E-state index in [-0.39, 0.29) is 10.6 Å². The van der Waals surface area contributed by atoms with Gasteiger partial charge in [0, 0.05) is 22.0 Å². The van der Waals surface area contributed by atoms with Crippen LogP contribution in [-0.4, -0.2) is 4.92 Å². The molecule has 6 heteroatoms. The fourth-order valence-electron chi connectivity index (χ4n) is 1.62. The third-order valence-electron chi connectivity index (χ3n) is 2.52. The Morgan fingerprint density at radius 2 is 1.95 bits per heavy atom. The Bertz CT molecular complexity index is 619. The van der Waals surface area contributed by atoms with Crippen LogP contribution in [0, 0.1) is 10.1 Å². The minimum Gasteiger partial charge on any atom is -0.326 e. The van der Waals surface area contributed by atoms with Gasteiger partial charge in [0.25, 0.3) is 5.69 Å². The van der Waals surface area contributed by atoms with Crippen LogP contribution in [0.15, 0.2) is 56.7 Å². The van der Waals surface area contributed by atoms with Crippen LogP contribution >= 0.6 is 27.7 Å². The Balaban J connectivity index is 2.39. The van der Waals surface area contributed by atoms with Gasteiger partial charge in [-0.2, -0.15) is 0 Å². The summed E-state index contributed by atoms with van der Waals surface area (Å²) in [7, 11) is 0. The molecule has 2 aromatic rings. The summed E-state index contributed by atoms with van der Waals surface area (Å²) >= 11 is 4.75. The molecule has 0 amide bonds. The number of nitrogens with two attached hydrogens (primary N) is 1. The summed E-state index contributed by atoms with van der Waals surface area (Å²) in [4.78, 5) is 12.2. The molecule has 0 aliphatic carbocycles. The number of nitrogens with zero attached hydrogens (tertiary/aromatic N) is 1. The molecule has 2 rings (SSSR count). The minimum atomic E-state index is -0.372. The quantitative estimate of drug-likeness (QED) is 0.676. The maximum Gasteiger partial charge on any atom is 0.283 e. The van der Waals surface area contributed by atoms with Crippen LogP contribution in [0.4, 0.5) is 5.69 Å². The van der Waals surface area contributed by atoms with Crippen LogP contribution in [0.3, 0.4) is 0 Å². The zero-order valence-electron chi connectivity index (χ0n) is 9.88. The van der Waals surface area contributed by atoms with E-state index in [9.17, 15) is 10.1 Å². The van der Waals surface area contributed by atoms with E-state index in [1.807, 2.05) is 18.2 Å². The van der Waals surface area contributed by atoms with E-state index in [1.165, 1.54) is 17.8 Å². The smallest absolute Gasteiger partial charge is 0.283 e. The molecule has 0 fully saturated rings. The van der Waals surface area contributed by atoms with E-state index >= 15 is 0 Å². The zero-order valence-corrected chi connectivity index (χ0v) is 12.3. The van der Waals surface area contributed by atoms with Gasteiger partial charge in [-0.05, 0) is 29.8 Å². The van der Waals surface area contributed by atoms with Crippen LogP contribution in [0.25, 0.3) is 0 Å². The fourth-order valence-corrected chi connectivity index (χ4v) is 3.07. The third kappa shape index (κ3) is 3.34. The molecule has 0 radical (unpaired) electrons. The van der Waals surface area contributed by atoms with Crippen molar-refractivity contribution in [1.29, 1.82) is 0 Å². The highest BCUT2D eigenvalue weighted by Crippen LogP contribution is 2.36. The highest BCUT2D eigenvalue weighted by Gasteiger charge is 2.14. The van der Waals surface area contributed by atoms with E-state index in [2.05, 4.69) is 15.9 Å². The summed E-state index contributed by atoms with van der Waals surface area (Å²) in [5, 5.41) is 11.0. The lowest BCUT2D eigenvalue weighted by molar-refractivity contribution is -0.387. The molecule has 0 bridgehead atoms. The molecular weight excluding hydrogens is 328 g/mol. The average molecular weight is 339 g/mol. The second-order valence-corrected chi connectivity index (χ2v) is 5.78. The molecule has 4 nitrogen and oxygen atoms in total. The molecule has 0 saturated heterocycles. The second kappa shape index (κ2) is 6.18. The van der Waals surface area contributed by atoms with Gasteiger partial charge >= 0.3 is 0 Å². The van der Waals surface area contributed by atoms with Crippen LogP contribution in [-0.2, 0) is 6.54 Å². The molecule has 0 aliphatic heterocycles. The summed E-state index contributed by atoms with van der Waals surface area (Å²) in [6.07, 6.45) is 0. The average Bonchev–Trinajstić information content (AvgIpc) is 2.41. The van der Waals surface area contributed by atoms with Crippen molar-refractivity contribution >= 4 is 33.4 Å². The number of nitro groups is 1. The SMILES string of the molecule is NCc1cc(Br)ccc1Sc1ccccc1[N+](=O)[O-]. The molecule has 0 saturated carbocycles. The predicted molar refractivity (Wildman–Crippen MR) is 79.3 cm³/mol. The van der Waals surface area contributed by atoms with E-state index in [1.54, 1.807) is 18.2 Å². The van der Waals surface area contributed by atoms with Gasteiger partial charge in [0.05, 0.1) is 9.82 Å². The summed E-state index contributed by atoms with van der Waals surface area (Å²) < 4.78 is 0.944. The molecule has 0 aromatic heterocycles. The monoisotopic (exact) mass is 338 g/mol. The first-order valence-corrected chi connectivity index (χ1v) is 7.12. The molecule has 2 N–H and O–H groups in total. The lowest BCUT2D eigenvalue weighted by Gasteiger charge is -2.08. The highest BCUT2D eigenvalue weighted by molar-refractivity contribution is 9.10. The van der Waals surface area contributed by atoms with E-state index in [0.29, 0.717) is 11.4 Å². The van der Waals surface area contributed by atoms with E-state index in [4.69, 9.17) is 5.73 Å². The zero-order chi connectivity index (χ0) is 13.8. The van der Waals surface area contributed by atoms with Gasteiger partial charge in [-0.25, -0.2) is 0 Å². The molecule has 19 heavy (non-hydrogen) atoms. The number of rotatable bonds is 4. The first-order valence-electron chi connectivity index (χ1n) is 5.51. The molecule has 0 spiro atoms. The lowest BCUT2D eigenvalue weighted by Crippen LogP contribution is -1.98. The van der Waals surface area contributed by atoms with Gasteiger partial charge in [-0.3, -0.25) is 10.1 Å². The van der Waals surface area contributed by atoms with Crippen molar-refractivity contribution in [2.75, 3.05) is 0 Å². The molecule has 98 valence electrons. The second-order valence-electron chi connectivity index (χ2n) is 3.78. The molecular formula is C13H11BrN2O2S. The van der Waals surface area contributed by atoms with E-state index in [0.717, 1.165) is 14.9 Å². The predicted octanol–water partition coefficient (Wildman–Crippen LogP) is 3.97. The van der Waals surface area contributed by atoms with Crippen molar-refractivity contribution in [1.82, 2.24) is 0 Å². The van der Waals surface area contributed by atoms with Crippen LogP contribution in [0.5, 0.6) is 0 Å². The Morgan fingerprint density at radius 1 is 1.21 bits per heavy atom. The van der Waals surface area contributed by atoms with Gasteiger partial charge in [-0.1, -0.05) is 39.8 Å². The van der Waals surface area contributed by atoms with Gasteiger partial charge in [-0.15, -0.1) is 0 Å². The Morgan fingerprint density at radius 3 is 2.63 bits per heavy atom. The maximum absolute atomic E-state index is 11.0. The van der Waals surface area contributed by atoms with Crippen molar-refractivity contribution in [2.24, 2.45) is 5.73 Å². The Labute approximate surface area is 123 Å². The minimum absolute atomic E-state index is 0.110. The van der Waals surface area contributed by atoms with Crippen molar-refractivity contribution in [3.8, 4) is 0 Å². The molecule has 0 heterocycles. The molecule has 0 aliphatic rings. The molecule has 0 unspecified atom stereocenters. The van der Waals surface area contributed by atoms with Gasteiger partial charge in [0.1, 0.15) is 0 Å². The third-order valence-corrected chi connectivity index (χ3v) is 4.20. The number of nitro benzene ring substituents is 1. The van der Waals surface area contributed by atoms with Gasteiger partial charge in [0.2, 0.25) is 0 Å². The first-order chi connectivity index (χ1) is 9.11. The summed E-state index contributed by atoms with van der Waals surface area (Å²) in [6.45, 7) is 0.391. The van der Waals surface area contributed by atoms with Crippen LogP contribution in [0.2, 0.25) is 0 Å².